The topological polar surface area (TPSA) is 37.3 Å². The summed E-state index contributed by atoms with van der Waals surface area (Å²) in [6, 6.07) is 4.68. The molecule has 2 aromatic rings. The third-order valence-electron chi connectivity index (χ3n) is 1.93. The number of aryl methyl sites for hydroxylation is 1. The van der Waals surface area contributed by atoms with E-state index in [1.54, 1.807) is 13.0 Å². The van der Waals surface area contributed by atoms with Crippen molar-refractivity contribution in [3.63, 3.8) is 0 Å². The first-order valence-electron chi connectivity index (χ1n) is 4.01. The number of rotatable bonds is 1. The molecule has 2 nitrogen and oxygen atoms in total. The Morgan fingerprint density at radius 2 is 2.14 bits per heavy atom. The van der Waals surface area contributed by atoms with E-state index in [1.807, 2.05) is 0 Å². The molecule has 0 atom stereocenters. The number of carboxylic acid groups (broad SMARTS) is 1. The maximum absolute atomic E-state index is 13.3. The van der Waals surface area contributed by atoms with E-state index in [9.17, 15) is 9.18 Å². The predicted molar refractivity (Wildman–Crippen MR) is 53.5 cm³/mol. The molecule has 4 heteroatoms. The van der Waals surface area contributed by atoms with Crippen molar-refractivity contribution in [2.24, 2.45) is 0 Å². The van der Waals surface area contributed by atoms with Gasteiger partial charge in [-0.1, -0.05) is 6.07 Å². The van der Waals surface area contributed by atoms with Gasteiger partial charge >= 0.3 is 5.97 Å². The van der Waals surface area contributed by atoms with Crippen LogP contribution in [-0.2, 0) is 0 Å². The first-order valence-corrected chi connectivity index (χ1v) is 4.82. The van der Waals surface area contributed by atoms with E-state index in [4.69, 9.17) is 5.11 Å². The maximum atomic E-state index is 13.3. The fourth-order valence-corrected chi connectivity index (χ4v) is 2.24. The summed E-state index contributed by atoms with van der Waals surface area (Å²) in [4.78, 5) is 10.8. The molecule has 0 unspecified atom stereocenters. The van der Waals surface area contributed by atoms with Crippen LogP contribution in [0.2, 0.25) is 0 Å². The van der Waals surface area contributed by atoms with Gasteiger partial charge in [0.25, 0.3) is 0 Å². The van der Waals surface area contributed by atoms with Crippen LogP contribution >= 0.6 is 11.3 Å². The van der Waals surface area contributed by atoms with Gasteiger partial charge < -0.3 is 5.11 Å². The van der Waals surface area contributed by atoms with Gasteiger partial charge in [-0.05, 0) is 30.0 Å². The van der Waals surface area contributed by atoms with Gasteiger partial charge in [0.05, 0.1) is 4.70 Å². The van der Waals surface area contributed by atoms with Crippen LogP contribution in [0.3, 0.4) is 0 Å². The average Bonchev–Trinajstić information content (AvgIpc) is 2.47. The van der Waals surface area contributed by atoms with E-state index in [-0.39, 0.29) is 10.7 Å². The molecule has 0 amide bonds. The highest BCUT2D eigenvalue weighted by Crippen LogP contribution is 2.29. The van der Waals surface area contributed by atoms with Crippen molar-refractivity contribution in [1.29, 1.82) is 0 Å². The fourth-order valence-electron chi connectivity index (χ4n) is 1.36. The summed E-state index contributed by atoms with van der Waals surface area (Å²) in [5.74, 6) is -1.36. The zero-order chi connectivity index (χ0) is 10.3. The smallest absolute Gasteiger partial charge is 0.345 e. The van der Waals surface area contributed by atoms with E-state index < -0.39 is 5.97 Å². The van der Waals surface area contributed by atoms with Crippen molar-refractivity contribution >= 4 is 27.4 Å². The summed E-state index contributed by atoms with van der Waals surface area (Å²) in [5, 5.41) is 9.39. The lowest BCUT2D eigenvalue weighted by Gasteiger charge is -1.93. The Balaban J connectivity index is 2.76. The number of fused-ring (bicyclic) bond motifs is 1. The molecule has 0 bridgehead atoms. The monoisotopic (exact) mass is 210 g/mol. The minimum Gasteiger partial charge on any atom is -0.477 e. The molecule has 1 N–H and O–H groups in total. The summed E-state index contributed by atoms with van der Waals surface area (Å²) < 4.78 is 13.8. The molecule has 72 valence electrons. The molecular weight excluding hydrogens is 203 g/mol. The molecule has 1 aromatic carbocycles. The second-order valence-electron chi connectivity index (χ2n) is 3.08. The van der Waals surface area contributed by atoms with Crippen molar-refractivity contribution < 1.29 is 14.3 Å². The second kappa shape index (κ2) is 3.06. The lowest BCUT2D eigenvalue weighted by molar-refractivity contribution is 0.0702. The number of hydrogen-bond donors (Lipinski definition) is 1. The van der Waals surface area contributed by atoms with Crippen LogP contribution < -0.4 is 0 Å². The van der Waals surface area contributed by atoms with Crippen molar-refractivity contribution in [3.05, 3.63) is 34.5 Å². The highest BCUT2D eigenvalue weighted by molar-refractivity contribution is 7.20. The van der Waals surface area contributed by atoms with Crippen molar-refractivity contribution in [3.8, 4) is 0 Å². The molecule has 2 rings (SSSR count). The van der Waals surface area contributed by atoms with Crippen molar-refractivity contribution in [2.45, 2.75) is 6.92 Å². The van der Waals surface area contributed by atoms with E-state index in [0.717, 1.165) is 16.9 Å². The van der Waals surface area contributed by atoms with Crippen LogP contribution in [0.4, 0.5) is 4.39 Å². The van der Waals surface area contributed by atoms with E-state index >= 15 is 0 Å². The van der Waals surface area contributed by atoms with Gasteiger partial charge in [0.2, 0.25) is 0 Å². The summed E-state index contributed by atoms with van der Waals surface area (Å²) in [5.41, 5.74) is 0.796. The number of thiophene rings is 1. The Labute approximate surface area is 83.6 Å². The summed E-state index contributed by atoms with van der Waals surface area (Å²) in [7, 11) is 0. The largest absolute Gasteiger partial charge is 0.477 e. The van der Waals surface area contributed by atoms with Crippen LogP contribution in [0.15, 0.2) is 18.2 Å². The van der Waals surface area contributed by atoms with Gasteiger partial charge in [0, 0.05) is 0 Å². The molecule has 0 aliphatic rings. The average molecular weight is 210 g/mol. The van der Waals surface area contributed by atoms with E-state index in [2.05, 4.69) is 0 Å². The molecule has 0 fully saturated rings. The number of benzene rings is 1. The number of aromatic carboxylic acids is 1. The molecule has 0 spiro atoms. The minimum absolute atomic E-state index is 0.171. The SMILES string of the molecule is Cc1cc(F)c2sc(C(=O)O)cc2c1. The summed E-state index contributed by atoms with van der Waals surface area (Å²) >= 11 is 0.966. The zero-order valence-electron chi connectivity index (χ0n) is 7.37. The zero-order valence-corrected chi connectivity index (χ0v) is 8.19. The first-order chi connectivity index (χ1) is 6.58. The minimum atomic E-state index is -1.01. The maximum Gasteiger partial charge on any atom is 0.345 e. The number of halogens is 1. The lowest BCUT2D eigenvalue weighted by atomic mass is 10.2. The van der Waals surface area contributed by atoms with Gasteiger partial charge in [0.15, 0.2) is 0 Å². The molecule has 0 radical (unpaired) electrons. The van der Waals surface area contributed by atoms with Crippen LogP contribution in [0.5, 0.6) is 0 Å². The molecule has 0 saturated carbocycles. The Bertz CT molecular complexity index is 516. The Morgan fingerprint density at radius 1 is 1.43 bits per heavy atom. The Morgan fingerprint density at radius 3 is 2.79 bits per heavy atom. The van der Waals surface area contributed by atoms with E-state index in [0.29, 0.717) is 10.1 Å². The number of hydrogen-bond acceptors (Lipinski definition) is 2. The van der Waals surface area contributed by atoms with Crippen molar-refractivity contribution in [2.75, 3.05) is 0 Å². The Hall–Kier alpha value is -1.42. The molecule has 14 heavy (non-hydrogen) atoms. The lowest BCUT2D eigenvalue weighted by Crippen LogP contribution is -1.89. The van der Waals surface area contributed by atoms with Gasteiger partial charge in [-0.25, -0.2) is 9.18 Å². The van der Waals surface area contributed by atoms with Crippen molar-refractivity contribution in [1.82, 2.24) is 0 Å². The van der Waals surface area contributed by atoms with Crippen LogP contribution in [-0.4, -0.2) is 11.1 Å². The van der Waals surface area contributed by atoms with Gasteiger partial charge in [-0.2, -0.15) is 0 Å². The molecule has 1 aromatic heterocycles. The second-order valence-corrected chi connectivity index (χ2v) is 4.13. The fraction of sp³-hybridized carbons (Fsp3) is 0.100. The van der Waals surface area contributed by atoms with Gasteiger partial charge in [-0.15, -0.1) is 11.3 Å². The van der Waals surface area contributed by atoms with Gasteiger partial charge in [-0.3, -0.25) is 0 Å². The van der Waals surface area contributed by atoms with Crippen LogP contribution in [0, 0.1) is 12.7 Å². The number of carbonyl (C=O) groups is 1. The highest BCUT2D eigenvalue weighted by Gasteiger charge is 2.11. The highest BCUT2D eigenvalue weighted by atomic mass is 32.1. The quantitative estimate of drug-likeness (QED) is 0.785. The standard InChI is InChI=1S/C10H7FO2S/c1-5-2-6-4-8(10(12)13)14-9(6)7(11)3-5/h2-4H,1H3,(H,12,13). The normalized spacial score (nSPS) is 10.7. The third-order valence-corrected chi connectivity index (χ3v) is 3.07. The van der Waals surface area contributed by atoms with Crippen LogP contribution in [0.1, 0.15) is 15.2 Å². The third kappa shape index (κ3) is 1.37. The first kappa shape index (κ1) is 9.15. The van der Waals surface area contributed by atoms with E-state index in [1.165, 1.54) is 12.1 Å². The van der Waals surface area contributed by atoms with Crippen LogP contribution in [0.25, 0.3) is 10.1 Å². The Kier molecular flexibility index (Phi) is 2.00. The molecule has 1 heterocycles. The molecule has 0 aliphatic heterocycles. The molecular formula is C10H7FO2S. The van der Waals surface area contributed by atoms with Gasteiger partial charge in [0.1, 0.15) is 10.7 Å². The molecule has 0 aliphatic carbocycles. The summed E-state index contributed by atoms with van der Waals surface area (Å²) in [6.07, 6.45) is 0. The summed E-state index contributed by atoms with van der Waals surface area (Å²) in [6.45, 7) is 1.78. The number of carboxylic acids is 1. The predicted octanol–water partition coefficient (Wildman–Crippen LogP) is 3.05. The molecule has 0 saturated heterocycles.